The monoisotopic (exact) mass is 406 g/mol. The molecule has 5 heteroatoms. The number of piperidine rings is 1. The molecule has 1 fully saturated rings. The first-order valence-corrected chi connectivity index (χ1v) is 10.8. The molecule has 0 radical (unpaired) electrons. The van der Waals surface area contributed by atoms with Gasteiger partial charge >= 0.3 is 6.03 Å². The molecule has 0 atom stereocenters. The van der Waals surface area contributed by atoms with Gasteiger partial charge in [0.25, 0.3) is 0 Å². The molecule has 1 aliphatic heterocycles. The standard InChI is InChI=1S/C26H22N4O/c31-26(30-14-6-1-7-15-30)27-17-12-13-22-23(16-17)29-25-21-11-5-3-9-19(21)18-8-2-4-10-20(18)24(25)28-22/h2-5,8-13,16H,1,6-7,14-15H2,(H,27,31). The molecule has 1 saturated heterocycles. The number of urea groups is 1. The Balaban J connectivity index is 1.51. The van der Waals surface area contributed by atoms with Crippen molar-refractivity contribution in [3.05, 3.63) is 66.7 Å². The predicted octanol–water partition coefficient (Wildman–Crippen LogP) is 6.11. The van der Waals surface area contributed by atoms with E-state index in [1.807, 2.05) is 35.2 Å². The highest BCUT2D eigenvalue weighted by Crippen LogP contribution is 2.34. The Kier molecular flexibility index (Phi) is 4.20. The third-order valence-corrected chi connectivity index (χ3v) is 6.21. The number of carbonyl (C=O) groups is 1. The molecular weight excluding hydrogens is 384 g/mol. The van der Waals surface area contributed by atoms with Crippen molar-refractivity contribution in [2.75, 3.05) is 18.4 Å². The third-order valence-electron chi connectivity index (χ3n) is 6.21. The Labute approximate surface area is 179 Å². The number of hydrogen-bond acceptors (Lipinski definition) is 3. The molecular formula is C26H22N4O. The highest BCUT2D eigenvalue weighted by molar-refractivity contribution is 6.23. The first-order valence-electron chi connectivity index (χ1n) is 10.8. The molecule has 2 amide bonds. The minimum Gasteiger partial charge on any atom is -0.325 e. The summed E-state index contributed by atoms with van der Waals surface area (Å²) in [4.78, 5) is 24.5. The lowest BCUT2D eigenvalue weighted by atomic mass is 9.99. The second kappa shape index (κ2) is 7.20. The lowest BCUT2D eigenvalue weighted by molar-refractivity contribution is 0.200. The Morgan fingerprint density at radius 2 is 1.29 bits per heavy atom. The molecule has 5 nitrogen and oxygen atoms in total. The van der Waals surface area contributed by atoms with Gasteiger partial charge in [-0.3, -0.25) is 0 Å². The Morgan fingerprint density at radius 3 is 1.94 bits per heavy atom. The van der Waals surface area contributed by atoms with Crippen molar-refractivity contribution in [1.29, 1.82) is 0 Å². The van der Waals surface area contributed by atoms with Crippen LogP contribution in [0.5, 0.6) is 0 Å². The summed E-state index contributed by atoms with van der Waals surface area (Å²) in [6.45, 7) is 1.64. The average Bonchev–Trinajstić information content (AvgIpc) is 2.84. The van der Waals surface area contributed by atoms with E-state index in [1.165, 1.54) is 17.2 Å². The second-order valence-electron chi connectivity index (χ2n) is 8.19. The van der Waals surface area contributed by atoms with Crippen molar-refractivity contribution in [3.63, 3.8) is 0 Å². The number of fused-ring (bicyclic) bond motifs is 7. The van der Waals surface area contributed by atoms with E-state index in [-0.39, 0.29) is 6.03 Å². The van der Waals surface area contributed by atoms with Crippen LogP contribution < -0.4 is 5.32 Å². The van der Waals surface area contributed by atoms with E-state index in [0.717, 1.165) is 64.5 Å². The summed E-state index contributed by atoms with van der Waals surface area (Å²) >= 11 is 0. The van der Waals surface area contributed by atoms with Crippen LogP contribution in [0.2, 0.25) is 0 Å². The highest BCUT2D eigenvalue weighted by atomic mass is 16.2. The minimum atomic E-state index is -0.0377. The van der Waals surface area contributed by atoms with E-state index in [9.17, 15) is 4.79 Å². The lowest BCUT2D eigenvalue weighted by Gasteiger charge is -2.26. The van der Waals surface area contributed by atoms with Crippen LogP contribution in [0.15, 0.2) is 66.7 Å². The molecule has 0 bridgehead atoms. The first kappa shape index (κ1) is 18.1. The fraction of sp³-hybridized carbons (Fsp3) is 0.192. The van der Waals surface area contributed by atoms with Crippen LogP contribution in [0.1, 0.15) is 19.3 Å². The van der Waals surface area contributed by atoms with Crippen LogP contribution in [0.25, 0.3) is 43.6 Å². The van der Waals surface area contributed by atoms with Crippen molar-refractivity contribution in [1.82, 2.24) is 14.9 Å². The number of amides is 2. The van der Waals surface area contributed by atoms with Crippen molar-refractivity contribution >= 4 is 55.3 Å². The van der Waals surface area contributed by atoms with E-state index in [0.29, 0.717) is 0 Å². The summed E-state index contributed by atoms with van der Waals surface area (Å²) in [5, 5.41) is 7.59. The summed E-state index contributed by atoms with van der Waals surface area (Å²) in [5.41, 5.74) is 4.16. The maximum Gasteiger partial charge on any atom is 0.321 e. The van der Waals surface area contributed by atoms with Crippen molar-refractivity contribution in [3.8, 4) is 0 Å². The van der Waals surface area contributed by atoms with Gasteiger partial charge in [0, 0.05) is 29.5 Å². The Bertz CT molecular complexity index is 1470. The number of rotatable bonds is 1. The first-order chi connectivity index (χ1) is 15.3. The molecule has 4 aromatic carbocycles. The molecule has 5 aromatic rings. The number of nitrogens with one attached hydrogen (secondary N) is 1. The average molecular weight is 406 g/mol. The number of hydrogen-bond donors (Lipinski definition) is 1. The summed E-state index contributed by atoms with van der Waals surface area (Å²) in [6, 6.07) is 22.4. The van der Waals surface area contributed by atoms with Crippen LogP contribution in [-0.4, -0.2) is 34.0 Å². The zero-order valence-corrected chi connectivity index (χ0v) is 17.1. The Morgan fingerprint density at radius 1 is 0.710 bits per heavy atom. The normalized spacial score (nSPS) is 14.5. The number of aromatic nitrogens is 2. The molecule has 1 N–H and O–H groups in total. The van der Waals surface area contributed by atoms with E-state index in [1.54, 1.807) is 0 Å². The van der Waals surface area contributed by atoms with Crippen LogP contribution in [0.3, 0.4) is 0 Å². The summed E-state index contributed by atoms with van der Waals surface area (Å²) in [7, 11) is 0. The Hall–Kier alpha value is -3.73. The largest absolute Gasteiger partial charge is 0.325 e. The van der Waals surface area contributed by atoms with E-state index >= 15 is 0 Å². The van der Waals surface area contributed by atoms with E-state index < -0.39 is 0 Å². The number of likely N-dealkylation sites (tertiary alicyclic amines) is 1. The fourth-order valence-electron chi connectivity index (χ4n) is 4.66. The topological polar surface area (TPSA) is 58.1 Å². The summed E-state index contributed by atoms with van der Waals surface area (Å²) in [6.07, 6.45) is 3.35. The van der Waals surface area contributed by atoms with Gasteiger partial charge in [-0.25, -0.2) is 14.8 Å². The lowest BCUT2D eigenvalue weighted by Crippen LogP contribution is -2.38. The summed E-state index contributed by atoms with van der Waals surface area (Å²) in [5.74, 6) is 0. The molecule has 0 spiro atoms. The zero-order chi connectivity index (χ0) is 20.8. The molecule has 1 aromatic heterocycles. The van der Waals surface area contributed by atoms with Gasteiger partial charge in [0.1, 0.15) is 0 Å². The third kappa shape index (κ3) is 3.05. The number of carbonyl (C=O) groups excluding carboxylic acids is 1. The van der Waals surface area contributed by atoms with Gasteiger partial charge in [-0.1, -0.05) is 48.5 Å². The van der Waals surface area contributed by atoms with Crippen molar-refractivity contribution in [2.45, 2.75) is 19.3 Å². The molecule has 31 heavy (non-hydrogen) atoms. The quantitative estimate of drug-likeness (QED) is 0.270. The van der Waals surface area contributed by atoms with Gasteiger partial charge in [-0.05, 0) is 48.2 Å². The van der Waals surface area contributed by atoms with Crippen LogP contribution >= 0.6 is 0 Å². The molecule has 152 valence electrons. The highest BCUT2D eigenvalue weighted by Gasteiger charge is 2.17. The van der Waals surface area contributed by atoms with Crippen LogP contribution in [-0.2, 0) is 0 Å². The van der Waals surface area contributed by atoms with Crippen LogP contribution in [0.4, 0.5) is 10.5 Å². The fourth-order valence-corrected chi connectivity index (χ4v) is 4.66. The number of benzene rings is 4. The van der Waals surface area contributed by atoms with Gasteiger partial charge in [0.15, 0.2) is 0 Å². The smallest absolute Gasteiger partial charge is 0.321 e. The summed E-state index contributed by atoms with van der Waals surface area (Å²) < 4.78 is 0. The predicted molar refractivity (Wildman–Crippen MR) is 126 cm³/mol. The van der Waals surface area contributed by atoms with E-state index in [2.05, 4.69) is 41.7 Å². The van der Waals surface area contributed by atoms with Gasteiger partial charge < -0.3 is 10.2 Å². The van der Waals surface area contributed by atoms with E-state index in [4.69, 9.17) is 9.97 Å². The van der Waals surface area contributed by atoms with Gasteiger partial charge in [0.2, 0.25) is 0 Å². The molecule has 6 rings (SSSR count). The van der Waals surface area contributed by atoms with Gasteiger partial charge in [-0.15, -0.1) is 0 Å². The maximum absolute atomic E-state index is 12.6. The molecule has 0 aliphatic carbocycles. The minimum absolute atomic E-state index is 0.0377. The number of anilines is 1. The molecule has 0 unspecified atom stereocenters. The number of nitrogens with zero attached hydrogens (tertiary/aromatic N) is 3. The molecule has 1 aliphatic rings. The molecule has 2 heterocycles. The molecule has 0 saturated carbocycles. The zero-order valence-electron chi connectivity index (χ0n) is 17.1. The van der Waals surface area contributed by atoms with Gasteiger partial charge in [0.05, 0.1) is 22.1 Å². The SMILES string of the molecule is O=C(Nc1ccc2nc3c4ccccc4c4ccccc4c3nc2c1)N1CCCCC1. The van der Waals surface area contributed by atoms with Crippen molar-refractivity contribution < 1.29 is 4.79 Å². The van der Waals surface area contributed by atoms with Gasteiger partial charge in [-0.2, -0.15) is 0 Å². The maximum atomic E-state index is 12.6. The second-order valence-corrected chi connectivity index (χ2v) is 8.19. The van der Waals surface area contributed by atoms with Crippen molar-refractivity contribution in [2.24, 2.45) is 0 Å². The van der Waals surface area contributed by atoms with Crippen LogP contribution in [0, 0.1) is 0 Å².